The van der Waals surface area contributed by atoms with Crippen LogP contribution in [0.3, 0.4) is 0 Å². The Bertz CT molecular complexity index is 896. The van der Waals surface area contributed by atoms with E-state index in [0.717, 1.165) is 38.6 Å². The third kappa shape index (κ3) is 7.18. The van der Waals surface area contributed by atoms with Crippen LogP contribution in [0, 0.1) is 0 Å². The van der Waals surface area contributed by atoms with E-state index in [9.17, 15) is 0 Å². The first-order chi connectivity index (χ1) is 15.8. The van der Waals surface area contributed by atoms with Crippen molar-refractivity contribution in [2.24, 2.45) is 0 Å². The van der Waals surface area contributed by atoms with Gasteiger partial charge in [-0.05, 0) is 40.8 Å². The van der Waals surface area contributed by atoms with Gasteiger partial charge in [0.2, 0.25) is 0 Å². The Morgan fingerprint density at radius 1 is 0.719 bits per heavy atom. The summed E-state index contributed by atoms with van der Waals surface area (Å²) in [5.74, 6) is 0.802. The average Bonchev–Trinajstić information content (AvgIpc) is 3.78. The van der Waals surface area contributed by atoms with Crippen LogP contribution >= 0.6 is 0 Å². The zero-order valence-corrected chi connectivity index (χ0v) is 18.2. The summed E-state index contributed by atoms with van der Waals surface area (Å²) in [4.78, 5) is 0. The molecule has 0 amide bonds. The summed E-state index contributed by atoms with van der Waals surface area (Å²) in [6.07, 6.45) is 1.89. The van der Waals surface area contributed by atoms with Gasteiger partial charge in [0.15, 0.2) is 0 Å². The van der Waals surface area contributed by atoms with Gasteiger partial charge in [-0.3, -0.25) is 0 Å². The molecule has 0 spiro atoms. The van der Waals surface area contributed by atoms with E-state index in [4.69, 9.17) is 24.1 Å². The lowest BCUT2D eigenvalue weighted by Gasteiger charge is -2.01. The smallest absolute Gasteiger partial charge is 0.119 e. The molecule has 32 heavy (non-hydrogen) atoms. The third-order valence-corrected chi connectivity index (χ3v) is 5.22. The molecule has 0 aromatic heterocycles. The molecule has 2 fully saturated rings. The summed E-state index contributed by atoms with van der Waals surface area (Å²) in [5.41, 5.74) is 5.75. The number of ether oxygens (including phenoxy) is 4. The Labute approximate surface area is 189 Å². The molecule has 168 valence electrons. The molecule has 3 aromatic rings. The summed E-state index contributed by atoms with van der Waals surface area (Å²) in [5, 5.41) is 8.40. The summed E-state index contributed by atoms with van der Waals surface area (Å²) in [7, 11) is 0. The van der Waals surface area contributed by atoms with Crippen molar-refractivity contribution in [3.63, 3.8) is 0 Å². The Morgan fingerprint density at radius 2 is 1.22 bits per heavy atom. The quantitative estimate of drug-likeness (QED) is 0.444. The van der Waals surface area contributed by atoms with E-state index >= 15 is 0 Å². The van der Waals surface area contributed by atoms with Crippen molar-refractivity contribution in [3.8, 4) is 16.9 Å². The molecule has 2 saturated heterocycles. The molecule has 1 aliphatic carbocycles. The van der Waals surface area contributed by atoms with Crippen LogP contribution in [0.2, 0.25) is 0 Å². The average molecular weight is 435 g/mol. The molecule has 3 aliphatic rings. The molecule has 2 aliphatic heterocycles. The molecule has 2 heterocycles. The van der Waals surface area contributed by atoms with Crippen LogP contribution in [0.1, 0.15) is 11.1 Å². The molecule has 1 N–H and O–H groups in total. The minimum Gasteiger partial charge on any atom is -0.491 e. The highest BCUT2D eigenvalue weighted by molar-refractivity contribution is 5.76. The van der Waals surface area contributed by atoms with E-state index in [2.05, 4.69) is 48.5 Å². The van der Waals surface area contributed by atoms with Gasteiger partial charge in [0.1, 0.15) is 24.6 Å². The zero-order valence-electron chi connectivity index (χ0n) is 18.2. The summed E-state index contributed by atoms with van der Waals surface area (Å²) in [6.45, 7) is 3.69. The first-order valence-electron chi connectivity index (χ1n) is 11.1. The van der Waals surface area contributed by atoms with Crippen molar-refractivity contribution in [3.05, 3.63) is 90.0 Å². The first-order valence-corrected chi connectivity index (χ1v) is 11.1. The van der Waals surface area contributed by atoms with E-state index in [0.29, 0.717) is 18.8 Å². The normalized spacial score (nSPS) is 18.8. The number of aliphatic hydroxyl groups excluding tert-OH is 1. The van der Waals surface area contributed by atoms with Crippen molar-refractivity contribution >= 4 is 0 Å². The molecule has 5 heteroatoms. The fraction of sp³-hybridized carbons (Fsp3) is 0.333. The van der Waals surface area contributed by atoms with Gasteiger partial charge >= 0.3 is 0 Å². The van der Waals surface area contributed by atoms with E-state index in [1.807, 2.05) is 30.3 Å². The number of rotatable bonds is 7. The van der Waals surface area contributed by atoms with E-state index in [1.54, 1.807) is 0 Å². The van der Waals surface area contributed by atoms with E-state index in [-0.39, 0.29) is 6.61 Å². The number of fused-ring (bicyclic) bond motifs is 3. The minimum absolute atomic E-state index is 0.0644. The summed E-state index contributed by atoms with van der Waals surface area (Å²) < 4.78 is 20.2. The SMILES string of the molecule is C(OCC1CO1)C1CO1.OCCOc1ccccc1.c1ccc2c(c1)Cc1ccccc1-2. The van der Waals surface area contributed by atoms with Crippen LogP contribution in [-0.4, -0.2) is 57.0 Å². The predicted octanol–water partition coefficient (Wildman–Crippen LogP) is 4.12. The predicted molar refractivity (Wildman–Crippen MR) is 124 cm³/mol. The van der Waals surface area contributed by atoms with E-state index < -0.39 is 0 Å². The number of para-hydroxylation sites is 1. The van der Waals surface area contributed by atoms with Gasteiger partial charge in [0, 0.05) is 0 Å². The second-order valence-electron chi connectivity index (χ2n) is 7.82. The second kappa shape index (κ2) is 11.8. The van der Waals surface area contributed by atoms with Gasteiger partial charge in [-0.15, -0.1) is 0 Å². The molecule has 5 nitrogen and oxygen atoms in total. The van der Waals surface area contributed by atoms with Crippen molar-refractivity contribution in [1.29, 1.82) is 0 Å². The molecule has 0 radical (unpaired) electrons. The lowest BCUT2D eigenvalue weighted by Crippen LogP contribution is -2.06. The maximum atomic E-state index is 8.40. The molecule has 2 unspecified atom stereocenters. The van der Waals surface area contributed by atoms with Gasteiger partial charge in [0.05, 0.1) is 33.0 Å². The molecule has 2 atom stereocenters. The van der Waals surface area contributed by atoms with Crippen molar-refractivity contribution in [2.75, 3.05) is 39.6 Å². The monoisotopic (exact) mass is 434 g/mol. The fourth-order valence-corrected chi connectivity index (χ4v) is 3.42. The summed E-state index contributed by atoms with van der Waals surface area (Å²) >= 11 is 0. The van der Waals surface area contributed by atoms with Gasteiger partial charge in [-0.1, -0.05) is 66.7 Å². The van der Waals surface area contributed by atoms with Crippen molar-refractivity contribution in [1.82, 2.24) is 0 Å². The highest BCUT2D eigenvalue weighted by atomic mass is 16.6. The maximum absolute atomic E-state index is 8.40. The van der Waals surface area contributed by atoms with Crippen LogP contribution in [-0.2, 0) is 20.6 Å². The number of hydrogen-bond acceptors (Lipinski definition) is 5. The van der Waals surface area contributed by atoms with E-state index in [1.165, 1.54) is 22.3 Å². The number of epoxide rings is 2. The molecular weight excluding hydrogens is 404 g/mol. The van der Waals surface area contributed by atoms with Crippen molar-refractivity contribution in [2.45, 2.75) is 18.6 Å². The highest BCUT2D eigenvalue weighted by Crippen LogP contribution is 2.35. The number of benzene rings is 3. The topological polar surface area (TPSA) is 63.8 Å². The molecule has 0 saturated carbocycles. The Balaban J connectivity index is 0.000000118. The van der Waals surface area contributed by atoms with Gasteiger partial charge < -0.3 is 24.1 Å². The zero-order chi connectivity index (χ0) is 22.0. The highest BCUT2D eigenvalue weighted by Gasteiger charge is 2.26. The number of hydrogen-bond donors (Lipinski definition) is 1. The third-order valence-electron chi connectivity index (χ3n) is 5.22. The maximum Gasteiger partial charge on any atom is 0.119 e. The standard InChI is InChI=1S/C13H10.C8H10O2.C6H10O3/c1-3-7-12-10(5-1)9-11-6-2-4-8-13(11)12;9-6-7-10-8-4-2-1-3-5-8;1(5-3-8-5)7-2-6-4-9-6/h1-8H,9H2;1-5,9H,6-7H2;5-6H,1-4H2. The minimum atomic E-state index is 0.0644. The Kier molecular flexibility index (Phi) is 8.29. The Morgan fingerprint density at radius 3 is 1.72 bits per heavy atom. The first kappa shape index (κ1) is 22.5. The van der Waals surface area contributed by atoms with Crippen LogP contribution in [0.5, 0.6) is 5.75 Å². The lowest BCUT2D eigenvalue weighted by molar-refractivity contribution is 0.102. The van der Waals surface area contributed by atoms with Gasteiger partial charge in [-0.2, -0.15) is 0 Å². The van der Waals surface area contributed by atoms with Gasteiger partial charge in [0.25, 0.3) is 0 Å². The molecular formula is C27H30O5. The van der Waals surface area contributed by atoms with Crippen LogP contribution in [0.4, 0.5) is 0 Å². The largest absolute Gasteiger partial charge is 0.491 e. The molecule has 3 aromatic carbocycles. The lowest BCUT2D eigenvalue weighted by atomic mass is 10.1. The number of aliphatic hydroxyl groups is 1. The molecule has 6 rings (SSSR count). The fourth-order valence-electron chi connectivity index (χ4n) is 3.42. The van der Waals surface area contributed by atoms with Crippen LogP contribution in [0.25, 0.3) is 11.1 Å². The van der Waals surface area contributed by atoms with Gasteiger partial charge in [-0.25, -0.2) is 0 Å². The van der Waals surface area contributed by atoms with Crippen LogP contribution < -0.4 is 4.74 Å². The molecule has 0 bridgehead atoms. The summed E-state index contributed by atoms with van der Waals surface area (Å²) in [6, 6.07) is 26.7. The van der Waals surface area contributed by atoms with Crippen LogP contribution in [0.15, 0.2) is 78.9 Å². The Hall–Kier alpha value is -2.70. The second-order valence-corrected chi connectivity index (χ2v) is 7.82. The van der Waals surface area contributed by atoms with Crippen molar-refractivity contribution < 1.29 is 24.1 Å².